The van der Waals surface area contributed by atoms with Gasteiger partial charge in [0.05, 0.1) is 12.3 Å². The summed E-state index contributed by atoms with van der Waals surface area (Å²) >= 11 is 5.63. The van der Waals surface area contributed by atoms with Crippen LogP contribution in [0.3, 0.4) is 0 Å². The molecule has 0 aliphatic rings. The maximum Gasteiger partial charge on any atom is 0.263 e. The van der Waals surface area contributed by atoms with Crippen LogP contribution in [0, 0.1) is 0 Å². The number of furan rings is 1. The zero-order chi connectivity index (χ0) is 10.8. The van der Waals surface area contributed by atoms with Gasteiger partial charge in [-0.25, -0.2) is 4.98 Å². The molecule has 1 N–H and O–H groups in total. The first kappa shape index (κ1) is 10.3. The molecule has 0 saturated carbocycles. The van der Waals surface area contributed by atoms with Gasteiger partial charge in [0.15, 0.2) is 11.0 Å². The van der Waals surface area contributed by atoms with Gasteiger partial charge >= 0.3 is 0 Å². The lowest BCUT2D eigenvalue weighted by atomic mass is 10.2. The van der Waals surface area contributed by atoms with E-state index in [4.69, 9.17) is 25.5 Å². The highest BCUT2D eigenvalue weighted by atomic mass is 35.5. The Morgan fingerprint density at radius 1 is 1.47 bits per heavy atom. The summed E-state index contributed by atoms with van der Waals surface area (Å²) in [6.45, 7) is 1.69. The summed E-state index contributed by atoms with van der Waals surface area (Å²) in [6.07, 6.45) is 1.55. The highest BCUT2D eigenvalue weighted by Crippen LogP contribution is 2.24. The number of aromatic nitrogens is 1. The second kappa shape index (κ2) is 4.08. The molecule has 2 aromatic rings. The second-order valence-electron chi connectivity index (χ2n) is 3.29. The van der Waals surface area contributed by atoms with Gasteiger partial charge in [0.25, 0.3) is 5.89 Å². The van der Waals surface area contributed by atoms with Gasteiger partial charge in [0, 0.05) is 6.42 Å². The molecule has 1 atom stereocenters. The molecule has 2 aromatic heterocycles. The summed E-state index contributed by atoms with van der Waals surface area (Å²) in [4.78, 5) is 4.02. The fourth-order valence-corrected chi connectivity index (χ4v) is 1.38. The van der Waals surface area contributed by atoms with Crippen LogP contribution < -0.4 is 0 Å². The maximum atomic E-state index is 9.16. The fourth-order valence-electron chi connectivity index (χ4n) is 1.24. The molecule has 0 amide bonds. The van der Waals surface area contributed by atoms with E-state index in [2.05, 4.69) is 4.98 Å². The van der Waals surface area contributed by atoms with Gasteiger partial charge in [0.2, 0.25) is 0 Å². The molecule has 15 heavy (non-hydrogen) atoms. The highest BCUT2D eigenvalue weighted by Gasteiger charge is 2.11. The number of oxazole rings is 1. The van der Waals surface area contributed by atoms with Crippen LogP contribution in [0.5, 0.6) is 0 Å². The van der Waals surface area contributed by atoms with E-state index in [-0.39, 0.29) is 0 Å². The third-order valence-electron chi connectivity index (χ3n) is 1.83. The number of aliphatic hydroxyl groups is 1. The zero-order valence-electron chi connectivity index (χ0n) is 8.11. The van der Waals surface area contributed by atoms with Gasteiger partial charge in [-0.05, 0) is 30.7 Å². The average molecular weight is 228 g/mol. The van der Waals surface area contributed by atoms with Gasteiger partial charge in [-0.15, -0.1) is 0 Å². The molecule has 0 aromatic carbocycles. The lowest BCUT2D eigenvalue weighted by Gasteiger charge is -1.97. The molecule has 2 heterocycles. The van der Waals surface area contributed by atoms with Gasteiger partial charge in [-0.1, -0.05) is 0 Å². The maximum absolute atomic E-state index is 9.16. The van der Waals surface area contributed by atoms with Crippen molar-refractivity contribution in [2.24, 2.45) is 0 Å². The van der Waals surface area contributed by atoms with Crippen molar-refractivity contribution < 1.29 is 13.9 Å². The van der Waals surface area contributed by atoms with E-state index in [0.29, 0.717) is 29.1 Å². The number of hydrogen-bond acceptors (Lipinski definition) is 4. The minimum atomic E-state index is -0.453. The monoisotopic (exact) mass is 227 g/mol. The lowest BCUT2D eigenvalue weighted by Crippen LogP contribution is -2.02. The third-order valence-corrected chi connectivity index (χ3v) is 2.04. The van der Waals surface area contributed by atoms with Crippen LogP contribution in [0.25, 0.3) is 11.7 Å². The van der Waals surface area contributed by atoms with Crippen molar-refractivity contribution in [1.29, 1.82) is 0 Å². The smallest absolute Gasteiger partial charge is 0.263 e. The van der Waals surface area contributed by atoms with Crippen molar-refractivity contribution in [3.8, 4) is 11.7 Å². The Hall–Kier alpha value is -1.26. The first-order chi connectivity index (χ1) is 7.15. The summed E-state index contributed by atoms with van der Waals surface area (Å²) in [5, 5.41) is 9.45. The van der Waals surface area contributed by atoms with Crippen LogP contribution in [0.1, 0.15) is 12.7 Å². The van der Waals surface area contributed by atoms with Gasteiger partial charge < -0.3 is 13.9 Å². The van der Waals surface area contributed by atoms with Crippen molar-refractivity contribution >= 4 is 11.6 Å². The molecule has 0 bridgehead atoms. The molecule has 0 radical (unpaired) electrons. The largest absolute Gasteiger partial charge is 0.440 e. The number of halogens is 1. The average Bonchev–Trinajstić information content (AvgIpc) is 2.72. The van der Waals surface area contributed by atoms with Crippen LogP contribution in [0.4, 0.5) is 0 Å². The van der Waals surface area contributed by atoms with Crippen molar-refractivity contribution in [2.75, 3.05) is 0 Å². The standard InChI is InChI=1S/C10H10ClNO3/c1-6(13)4-7-5-12-10(14-7)8-2-3-9(11)15-8/h2-3,5-6,13H,4H2,1H3. The van der Waals surface area contributed by atoms with Crippen molar-refractivity contribution in [3.05, 3.63) is 29.3 Å². The molecule has 1 unspecified atom stereocenters. The Bertz CT molecular complexity index is 447. The van der Waals surface area contributed by atoms with Crippen LogP contribution in [0.15, 0.2) is 27.2 Å². The predicted octanol–water partition coefficient (Wildman–Crippen LogP) is 2.51. The number of hydrogen-bond donors (Lipinski definition) is 1. The Labute approximate surface area is 91.5 Å². The van der Waals surface area contributed by atoms with Gasteiger partial charge in [-0.2, -0.15) is 0 Å². The minimum absolute atomic E-state index is 0.292. The lowest BCUT2D eigenvalue weighted by molar-refractivity contribution is 0.187. The molecule has 2 rings (SSSR count). The van der Waals surface area contributed by atoms with E-state index in [1.807, 2.05) is 0 Å². The van der Waals surface area contributed by atoms with E-state index in [1.165, 1.54) is 0 Å². The Kier molecular flexibility index (Phi) is 2.79. The molecule has 80 valence electrons. The first-order valence-corrected chi connectivity index (χ1v) is 4.91. The summed E-state index contributed by atoms with van der Waals surface area (Å²) in [5.41, 5.74) is 0. The quantitative estimate of drug-likeness (QED) is 0.875. The molecule has 0 aliphatic carbocycles. The summed E-state index contributed by atoms with van der Waals surface area (Å²) in [7, 11) is 0. The fraction of sp³-hybridized carbons (Fsp3) is 0.300. The second-order valence-corrected chi connectivity index (χ2v) is 3.66. The van der Waals surface area contributed by atoms with Crippen molar-refractivity contribution in [2.45, 2.75) is 19.4 Å². The number of rotatable bonds is 3. The van der Waals surface area contributed by atoms with E-state index in [1.54, 1.807) is 25.3 Å². The first-order valence-electron chi connectivity index (χ1n) is 4.53. The van der Waals surface area contributed by atoms with Crippen LogP contribution >= 0.6 is 11.6 Å². The number of aliphatic hydroxyl groups excluding tert-OH is 1. The predicted molar refractivity (Wildman–Crippen MR) is 54.6 cm³/mol. The van der Waals surface area contributed by atoms with E-state index >= 15 is 0 Å². The third kappa shape index (κ3) is 2.40. The number of nitrogens with zero attached hydrogens (tertiary/aromatic N) is 1. The van der Waals surface area contributed by atoms with Crippen LogP contribution in [-0.4, -0.2) is 16.2 Å². The molecule has 0 fully saturated rings. The van der Waals surface area contributed by atoms with E-state index in [9.17, 15) is 0 Å². The van der Waals surface area contributed by atoms with E-state index < -0.39 is 6.10 Å². The molecule has 5 heteroatoms. The van der Waals surface area contributed by atoms with Crippen molar-refractivity contribution in [3.63, 3.8) is 0 Å². The Morgan fingerprint density at radius 3 is 2.87 bits per heavy atom. The minimum Gasteiger partial charge on any atom is -0.440 e. The van der Waals surface area contributed by atoms with Crippen LogP contribution in [-0.2, 0) is 6.42 Å². The van der Waals surface area contributed by atoms with Gasteiger partial charge in [0.1, 0.15) is 5.76 Å². The topological polar surface area (TPSA) is 59.4 Å². The molecule has 0 aliphatic heterocycles. The van der Waals surface area contributed by atoms with Gasteiger partial charge in [-0.3, -0.25) is 0 Å². The Balaban J connectivity index is 2.20. The SMILES string of the molecule is CC(O)Cc1cnc(-c2ccc(Cl)o2)o1. The molecular formula is C10H10ClNO3. The molecular weight excluding hydrogens is 218 g/mol. The van der Waals surface area contributed by atoms with E-state index in [0.717, 1.165) is 0 Å². The zero-order valence-corrected chi connectivity index (χ0v) is 8.86. The normalized spacial score (nSPS) is 13.0. The molecule has 0 saturated heterocycles. The molecule has 0 spiro atoms. The van der Waals surface area contributed by atoms with Crippen LogP contribution in [0.2, 0.25) is 5.22 Å². The molecule has 4 nitrogen and oxygen atoms in total. The van der Waals surface area contributed by atoms with Crippen molar-refractivity contribution in [1.82, 2.24) is 4.98 Å². The summed E-state index contributed by atoms with van der Waals surface area (Å²) < 4.78 is 10.5. The summed E-state index contributed by atoms with van der Waals surface area (Å²) in [5.74, 6) is 1.47. The highest BCUT2D eigenvalue weighted by molar-refractivity contribution is 6.28. The Morgan fingerprint density at radius 2 is 2.27 bits per heavy atom. The summed E-state index contributed by atoms with van der Waals surface area (Å²) in [6, 6.07) is 3.30.